The minimum atomic E-state index is -0.0233. The zero-order valence-electron chi connectivity index (χ0n) is 9.12. The molecule has 0 saturated carbocycles. The Kier molecular flexibility index (Phi) is 2.62. The number of rotatable bonds is 2. The van der Waals surface area contributed by atoms with Gasteiger partial charge in [-0.2, -0.15) is 0 Å². The van der Waals surface area contributed by atoms with Gasteiger partial charge in [0.05, 0.1) is 16.9 Å². The summed E-state index contributed by atoms with van der Waals surface area (Å²) in [5, 5.41) is 3.87. The Morgan fingerprint density at radius 1 is 1.35 bits per heavy atom. The van der Waals surface area contributed by atoms with Crippen molar-refractivity contribution in [2.45, 2.75) is 13.0 Å². The minimum absolute atomic E-state index is 0.0233. The third kappa shape index (κ3) is 1.95. The average Bonchev–Trinajstić information content (AvgIpc) is 2.95. The van der Waals surface area contributed by atoms with Crippen LogP contribution >= 0.6 is 22.7 Å². The Hall–Kier alpha value is -1.37. The summed E-state index contributed by atoms with van der Waals surface area (Å²) in [6, 6.07) is 1.94. The molecule has 3 aromatic rings. The van der Waals surface area contributed by atoms with Crippen molar-refractivity contribution in [3.05, 3.63) is 28.8 Å². The summed E-state index contributed by atoms with van der Waals surface area (Å²) in [7, 11) is 0. The van der Waals surface area contributed by atoms with Crippen LogP contribution in [0, 0.1) is 0 Å². The van der Waals surface area contributed by atoms with Crippen LogP contribution in [0.2, 0.25) is 0 Å². The van der Waals surface area contributed by atoms with Gasteiger partial charge >= 0.3 is 0 Å². The molecule has 0 aliphatic carbocycles. The van der Waals surface area contributed by atoms with Crippen LogP contribution in [0.25, 0.3) is 20.9 Å². The normalized spacial score (nSPS) is 13.1. The van der Waals surface area contributed by atoms with Gasteiger partial charge in [0, 0.05) is 11.6 Å². The largest absolute Gasteiger partial charge is 0.322 e. The van der Waals surface area contributed by atoms with E-state index in [4.69, 9.17) is 5.73 Å². The van der Waals surface area contributed by atoms with Crippen molar-refractivity contribution in [2.75, 3.05) is 0 Å². The Bertz CT molecular complexity index is 623. The molecular formula is C11H10N4S2. The first-order valence-electron chi connectivity index (χ1n) is 5.16. The quantitative estimate of drug-likeness (QED) is 0.771. The fourth-order valence-electron chi connectivity index (χ4n) is 1.48. The van der Waals surface area contributed by atoms with Crippen molar-refractivity contribution < 1.29 is 0 Å². The minimum Gasteiger partial charge on any atom is -0.322 e. The van der Waals surface area contributed by atoms with Crippen molar-refractivity contribution in [1.82, 2.24) is 15.0 Å². The molecule has 1 unspecified atom stereocenters. The lowest BCUT2D eigenvalue weighted by molar-refractivity contribution is 0.808. The van der Waals surface area contributed by atoms with Crippen LogP contribution in [0.1, 0.15) is 18.0 Å². The lowest BCUT2D eigenvalue weighted by Gasteiger charge is -1.96. The molecule has 3 rings (SSSR count). The van der Waals surface area contributed by atoms with Gasteiger partial charge in [0.2, 0.25) is 0 Å². The van der Waals surface area contributed by atoms with Crippen molar-refractivity contribution in [3.63, 3.8) is 0 Å². The molecule has 2 N–H and O–H groups in total. The smallest absolute Gasteiger partial charge is 0.144 e. The molecule has 1 atom stereocenters. The summed E-state index contributed by atoms with van der Waals surface area (Å²) in [5.41, 5.74) is 7.63. The molecule has 3 aromatic heterocycles. The Balaban J connectivity index is 2.07. The van der Waals surface area contributed by atoms with Gasteiger partial charge < -0.3 is 5.73 Å². The molecule has 3 heterocycles. The molecule has 6 heteroatoms. The summed E-state index contributed by atoms with van der Waals surface area (Å²) < 4.78 is 1.13. The second kappa shape index (κ2) is 4.14. The highest BCUT2D eigenvalue weighted by Crippen LogP contribution is 2.31. The highest BCUT2D eigenvalue weighted by molar-refractivity contribution is 7.21. The number of hydrogen-bond donors (Lipinski definition) is 1. The first-order valence-corrected chi connectivity index (χ1v) is 6.85. The molecule has 0 aromatic carbocycles. The number of aromatic nitrogens is 3. The Morgan fingerprint density at radius 3 is 2.94 bits per heavy atom. The third-order valence-electron chi connectivity index (χ3n) is 2.32. The van der Waals surface area contributed by atoms with Gasteiger partial charge in [0.15, 0.2) is 0 Å². The van der Waals surface area contributed by atoms with Crippen LogP contribution in [-0.4, -0.2) is 15.0 Å². The molecule has 86 valence electrons. The second-order valence-corrected chi connectivity index (χ2v) is 5.64. The first-order chi connectivity index (χ1) is 8.24. The van der Waals surface area contributed by atoms with Crippen molar-refractivity contribution >= 4 is 32.9 Å². The van der Waals surface area contributed by atoms with E-state index in [0.29, 0.717) is 0 Å². The van der Waals surface area contributed by atoms with Gasteiger partial charge in [-0.25, -0.2) is 9.97 Å². The highest BCUT2D eigenvalue weighted by Gasteiger charge is 2.11. The fraction of sp³-hybridized carbons (Fsp3) is 0.182. The van der Waals surface area contributed by atoms with Crippen LogP contribution in [0.4, 0.5) is 0 Å². The number of nitrogens with two attached hydrogens (primary N) is 1. The lowest BCUT2D eigenvalue weighted by Crippen LogP contribution is -2.03. The van der Waals surface area contributed by atoms with Crippen molar-refractivity contribution in [3.8, 4) is 10.7 Å². The molecule has 0 radical (unpaired) electrons. The van der Waals surface area contributed by atoms with E-state index < -0.39 is 0 Å². The topological polar surface area (TPSA) is 64.7 Å². The predicted molar refractivity (Wildman–Crippen MR) is 71.1 cm³/mol. The molecule has 4 nitrogen and oxygen atoms in total. The zero-order chi connectivity index (χ0) is 11.8. The maximum Gasteiger partial charge on any atom is 0.144 e. The van der Waals surface area contributed by atoms with E-state index in [1.165, 1.54) is 0 Å². The molecule has 17 heavy (non-hydrogen) atoms. The maximum atomic E-state index is 5.80. The molecule has 0 aliphatic heterocycles. The summed E-state index contributed by atoms with van der Waals surface area (Å²) in [5.74, 6) is 0. The molecule has 0 bridgehead atoms. The first kappa shape index (κ1) is 10.8. The number of pyridine rings is 1. The Morgan fingerprint density at radius 2 is 2.24 bits per heavy atom. The zero-order valence-corrected chi connectivity index (χ0v) is 10.8. The van der Waals surface area contributed by atoms with E-state index in [1.54, 1.807) is 35.1 Å². The van der Waals surface area contributed by atoms with E-state index in [1.807, 2.05) is 18.4 Å². The number of thiazole rings is 2. The molecular weight excluding hydrogens is 252 g/mol. The Labute approximate surface area is 106 Å². The van der Waals surface area contributed by atoms with Crippen LogP contribution in [0.5, 0.6) is 0 Å². The van der Waals surface area contributed by atoms with Gasteiger partial charge in [-0.1, -0.05) is 0 Å². The molecule has 0 saturated heterocycles. The summed E-state index contributed by atoms with van der Waals surface area (Å²) in [4.78, 5) is 13.1. The van der Waals surface area contributed by atoms with E-state index in [-0.39, 0.29) is 6.04 Å². The third-order valence-corrected chi connectivity index (χ3v) is 4.43. The summed E-state index contributed by atoms with van der Waals surface area (Å²) in [6.45, 7) is 1.94. The molecule has 0 amide bonds. The second-order valence-electron chi connectivity index (χ2n) is 3.72. The maximum absolute atomic E-state index is 5.80. The van der Waals surface area contributed by atoms with Crippen LogP contribution in [-0.2, 0) is 0 Å². The van der Waals surface area contributed by atoms with Crippen LogP contribution < -0.4 is 5.73 Å². The summed E-state index contributed by atoms with van der Waals surface area (Å²) in [6.07, 6.45) is 3.55. The molecule has 0 fully saturated rings. The van der Waals surface area contributed by atoms with Crippen molar-refractivity contribution in [1.29, 1.82) is 0 Å². The SMILES string of the molecule is CC(N)c1nc(-c2nc3cnccc3s2)cs1. The van der Waals surface area contributed by atoms with Gasteiger partial charge in [0.1, 0.15) is 21.2 Å². The number of nitrogens with zero attached hydrogens (tertiary/aromatic N) is 3. The van der Waals surface area contributed by atoms with E-state index in [2.05, 4.69) is 15.0 Å². The fourth-order valence-corrected chi connectivity index (χ4v) is 3.21. The van der Waals surface area contributed by atoms with E-state index in [0.717, 1.165) is 25.9 Å². The lowest BCUT2D eigenvalue weighted by atomic mass is 10.4. The number of hydrogen-bond acceptors (Lipinski definition) is 6. The highest BCUT2D eigenvalue weighted by atomic mass is 32.1. The van der Waals surface area contributed by atoms with Crippen molar-refractivity contribution in [2.24, 2.45) is 5.73 Å². The molecule has 0 spiro atoms. The predicted octanol–water partition coefficient (Wildman–Crippen LogP) is 2.83. The van der Waals surface area contributed by atoms with E-state index in [9.17, 15) is 0 Å². The van der Waals surface area contributed by atoms with Gasteiger partial charge in [0.25, 0.3) is 0 Å². The van der Waals surface area contributed by atoms with Crippen LogP contribution in [0.15, 0.2) is 23.8 Å². The standard InChI is InChI=1S/C11H10N4S2/c1-6(12)10-15-8(5-16-10)11-14-7-4-13-3-2-9(7)17-11/h2-6H,12H2,1H3. The van der Waals surface area contributed by atoms with E-state index >= 15 is 0 Å². The summed E-state index contributed by atoms with van der Waals surface area (Å²) >= 11 is 3.20. The average molecular weight is 262 g/mol. The molecule has 0 aliphatic rings. The monoisotopic (exact) mass is 262 g/mol. The van der Waals surface area contributed by atoms with Crippen LogP contribution in [0.3, 0.4) is 0 Å². The van der Waals surface area contributed by atoms with Gasteiger partial charge in [-0.3, -0.25) is 4.98 Å². The van der Waals surface area contributed by atoms with Gasteiger partial charge in [-0.15, -0.1) is 22.7 Å². The van der Waals surface area contributed by atoms with Gasteiger partial charge in [-0.05, 0) is 13.0 Å². The number of fused-ring (bicyclic) bond motifs is 1.